The average Bonchev–Trinajstić information content (AvgIpc) is 3.36. The van der Waals surface area contributed by atoms with Crippen LogP contribution in [0.5, 0.6) is 6.01 Å². The number of imidazole rings is 1. The number of aromatic nitrogens is 2. The number of cyclic esters (lactones) is 1. The van der Waals surface area contributed by atoms with Crippen molar-refractivity contribution < 1.29 is 19.1 Å². The topological polar surface area (TPSA) is 70.4 Å². The molecule has 0 aromatic carbocycles. The van der Waals surface area contributed by atoms with E-state index in [-0.39, 0.29) is 23.8 Å². The maximum Gasteiger partial charge on any atom is 0.313 e. The van der Waals surface area contributed by atoms with Crippen molar-refractivity contribution in [3.8, 4) is 6.01 Å². The van der Waals surface area contributed by atoms with Crippen LogP contribution < -0.4 is 4.74 Å². The highest BCUT2D eigenvalue weighted by Gasteiger charge is 2.36. The average molecular weight is 413 g/mol. The normalized spacial score (nSPS) is 25.0. The molecule has 6 nitrogen and oxygen atoms in total. The van der Waals surface area contributed by atoms with Gasteiger partial charge in [-0.25, -0.2) is 4.98 Å². The Labute approximate surface area is 168 Å². The molecule has 3 atom stereocenters. The number of carbonyl (C=O) groups excluding carboxylic acids is 2. The zero-order valence-electron chi connectivity index (χ0n) is 16.0. The van der Waals surface area contributed by atoms with Gasteiger partial charge in [0.15, 0.2) is 0 Å². The maximum atomic E-state index is 12.1. The lowest BCUT2D eigenvalue weighted by Crippen LogP contribution is -2.18. The third kappa shape index (κ3) is 5.44. The van der Waals surface area contributed by atoms with Gasteiger partial charge in [0.25, 0.3) is 0 Å². The highest BCUT2D eigenvalue weighted by Crippen LogP contribution is 2.39. The Hall–Kier alpha value is -1.15. The van der Waals surface area contributed by atoms with Gasteiger partial charge in [-0.05, 0) is 32.1 Å². The Morgan fingerprint density at radius 1 is 1.44 bits per heavy atom. The van der Waals surface area contributed by atoms with Crippen LogP contribution in [-0.2, 0) is 27.8 Å². The summed E-state index contributed by atoms with van der Waals surface area (Å²) in [6.07, 6.45) is 8.02. The van der Waals surface area contributed by atoms with Crippen molar-refractivity contribution in [2.75, 3.05) is 12.4 Å². The highest BCUT2D eigenvalue weighted by molar-refractivity contribution is 8.77. The summed E-state index contributed by atoms with van der Waals surface area (Å²) in [6, 6.07) is 0.330. The second kappa shape index (κ2) is 9.87. The largest absolute Gasteiger partial charge is 0.465 e. The van der Waals surface area contributed by atoms with E-state index in [9.17, 15) is 9.59 Å². The van der Waals surface area contributed by atoms with E-state index in [4.69, 9.17) is 9.47 Å². The van der Waals surface area contributed by atoms with Crippen LogP contribution in [0.1, 0.15) is 51.1 Å². The lowest BCUT2D eigenvalue weighted by atomic mass is 9.89. The molecule has 0 saturated carbocycles. The molecule has 1 aromatic rings. The SMILES string of the molecule is CC[C@@H]1C(=O)OC[C@@H]1Cc1cnc(OC(=O)CCCC[C@H]2CCSS2)n1C. The first kappa shape index (κ1) is 20.6. The molecular formula is C19H28N2O4S2. The van der Waals surface area contributed by atoms with E-state index < -0.39 is 0 Å². The fraction of sp³-hybridized carbons (Fsp3) is 0.737. The van der Waals surface area contributed by atoms with E-state index in [0.717, 1.165) is 30.2 Å². The first-order chi connectivity index (χ1) is 13.1. The zero-order valence-corrected chi connectivity index (χ0v) is 17.7. The smallest absolute Gasteiger partial charge is 0.313 e. The minimum Gasteiger partial charge on any atom is -0.465 e. The van der Waals surface area contributed by atoms with Crippen molar-refractivity contribution in [2.24, 2.45) is 18.9 Å². The Morgan fingerprint density at radius 3 is 3.04 bits per heavy atom. The minimum atomic E-state index is -0.227. The van der Waals surface area contributed by atoms with E-state index in [1.807, 2.05) is 35.6 Å². The zero-order chi connectivity index (χ0) is 19.2. The van der Waals surface area contributed by atoms with Gasteiger partial charge < -0.3 is 14.0 Å². The number of carbonyl (C=O) groups is 2. The number of hydrogen-bond acceptors (Lipinski definition) is 7. The molecule has 1 aromatic heterocycles. The van der Waals surface area contributed by atoms with Gasteiger partial charge in [-0.2, -0.15) is 0 Å². The number of ether oxygens (including phenoxy) is 2. The van der Waals surface area contributed by atoms with Gasteiger partial charge in [0.05, 0.1) is 18.7 Å². The van der Waals surface area contributed by atoms with Crippen molar-refractivity contribution in [3.63, 3.8) is 0 Å². The van der Waals surface area contributed by atoms with Crippen molar-refractivity contribution in [3.05, 3.63) is 11.9 Å². The van der Waals surface area contributed by atoms with Crippen molar-refractivity contribution >= 4 is 33.5 Å². The van der Waals surface area contributed by atoms with Crippen LogP contribution >= 0.6 is 21.6 Å². The molecule has 3 rings (SSSR count). The van der Waals surface area contributed by atoms with Crippen LogP contribution in [0.4, 0.5) is 0 Å². The van der Waals surface area contributed by atoms with Crippen LogP contribution in [0.25, 0.3) is 0 Å². The van der Waals surface area contributed by atoms with Crippen LogP contribution in [-0.4, -0.2) is 39.1 Å². The van der Waals surface area contributed by atoms with Crippen LogP contribution in [0, 0.1) is 11.8 Å². The van der Waals surface area contributed by atoms with Gasteiger partial charge in [0, 0.05) is 36.1 Å². The van der Waals surface area contributed by atoms with Crippen LogP contribution in [0.3, 0.4) is 0 Å². The molecule has 0 amide bonds. The van der Waals surface area contributed by atoms with E-state index in [0.29, 0.717) is 25.5 Å². The Morgan fingerprint density at radius 2 is 2.30 bits per heavy atom. The Bertz CT molecular complexity index is 658. The second-order valence-electron chi connectivity index (χ2n) is 7.25. The van der Waals surface area contributed by atoms with Gasteiger partial charge >= 0.3 is 17.9 Å². The predicted molar refractivity (Wildman–Crippen MR) is 108 cm³/mol. The van der Waals surface area contributed by atoms with Gasteiger partial charge in [-0.3, -0.25) is 9.59 Å². The third-order valence-corrected chi connectivity index (χ3v) is 8.36. The number of rotatable bonds is 9. The first-order valence-electron chi connectivity index (χ1n) is 9.74. The summed E-state index contributed by atoms with van der Waals surface area (Å²) in [5.41, 5.74) is 0.954. The number of unbranched alkanes of at least 4 members (excludes halogenated alkanes) is 1. The summed E-state index contributed by atoms with van der Waals surface area (Å²) < 4.78 is 12.4. The van der Waals surface area contributed by atoms with E-state index in [1.165, 1.54) is 18.6 Å². The van der Waals surface area contributed by atoms with Gasteiger partial charge in [0.1, 0.15) is 0 Å². The van der Waals surface area contributed by atoms with Gasteiger partial charge in [0.2, 0.25) is 0 Å². The fourth-order valence-corrected chi connectivity index (χ4v) is 6.67. The quantitative estimate of drug-likeness (QED) is 0.347. The molecule has 3 heterocycles. The summed E-state index contributed by atoms with van der Waals surface area (Å²) >= 11 is 0. The fourth-order valence-electron chi connectivity index (χ4n) is 3.64. The molecule has 0 unspecified atom stereocenters. The summed E-state index contributed by atoms with van der Waals surface area (Å²) in [5, 5.41) is 0.751. The molecule has 8 heteroatoms. The van der Waals surface area contributed by atoms with Gasteiger partial charge in [-0.15, -0.1) is 0 Å². The lowest BCUT2D eigenvalue weighted by molar-refractivity contribution is -0.141. The third-order valence-electron chi connectivity index (χ3n) is 5.35. The van der Waals surface area contributed by atoms with E-state index in [2.05, 4.69) is 4.98 Å². The number of nitrogens with zero attached hydrogens (tertiary/aromatic N) is 2. The van der Waals surface area contributed by atoms with Crippen LogP contribution in [0.15, 0.2) is 6.20 Å². The van der Waals surface area contributed by atoms with E-state index >= 15 is 0 Å². The molecule has 27 heavy (non-hydrogen) atoms. The maximum absolute atomic E-state index is 12.1. The highest BCUT2D eigenvalue weighted by atomic mass is 33.1. The molecule has 0 radical (unpaired) electrons. The van der Waals surface area contributed by atoms with Crippen molar-refractivity contribution in [1.82, 2.24) is 9.55 Å². The molecular weight excluding hydrogens is 384 g/mol. The Balaban J connectivity index is 1.44. The summed E-state index contributed by atoms with van der Waals surface area (Å²) in [5.74, 6) is 1.02. The molecule has 2 aliphatic rings. The minimum absolute atomic E-state index is 0.0534. The standard InChI is InChI=1S/C19H28N2O4S2/c1-3-16-13(12-24-18(16)23)10-14-11-20-19(21(14)2)25-17(22)7-5-4-6-15-8-9-26-27-15/h11,13,15-16H,3-10,12H2,1-2H3/t13-,15-,16-/m0/s1. The van der Waals surface area contributed by atoms with Crippen molar-refractivity contribution in [1.29, 1.82) is 0 Å². The monoisotopic (exact) mass is 412 g/mol. The molecule has 2 fully saturated rings. The number of esters is 2. The molecule has 150 valence electrons. The molecule has 0 bridgehead atoms. The summed E-state index contributed by atoms with van der Waals surface area (Å²) in [7, 11) is 5.78. The van der Waals surface area contributed by atoms with Crippen LogP contribution in [0.2, 0.25) is 0 Å². The van der Waals surface area contributed by atoms with Crippen molar-refractivity contribution in [2.45, 2.75) is 57.1 Å². The molecule has 0 N–H and O–H groups in total. The summed E-state index contributed by atoms with van der Waals surface area (Å²) in [6.45, 7) is 2.46. The first-order valence-corrected chi connectivity index (χ1v) is 12.1. The lowest BCUT2D eigenvalue weighted by Gasteiger charge is -2.13. The second-order valence-corrected chi connectivity index (χ2v) is 10.0. The molecule has 0 spiro atoms. The molecule has 2 saturated heterocycles. The molecule has 0 aliphatic carbocycles. The predicted octanol–water partition coefficient (Wildman–Crippen LogP) is 3.78. The van der Waals surface area contributed by atoms with Gasteiger partial charge in [-0.1, -0.05) is 34.9 Å². The number of hydrogen-bond donors (Lipinski definition) is 0. The Kier molecular flexibility index (Phi) is 7.52. The van der Waals surface area contributed by atoms with E-state index in [1.54, 1.807) is 10.8 Å². The summed E-state index contributed by atoms with van der Waals surface area (Å²) in [4.78, 5) is 28.1. The molecule has 2 aliphatic heterocycles.